The standard InChI is InChI=1S/C19H20FNO5S/c1-24-14-6-7-15(18-21-16(11-27-18)19(22)23)17(10-14)26-9-8-25-13-4-2-12(20)3-5-13/h2-7,10,16,18,21H,8-9,11H2,1H3,(H,22,23). The van der Waals surface area contributed by atoms with Crippen LogP contribution in [0.4, 0.5) is 4.39 Å². The minimum Gasteiger partial charge on any atom is -0.497 e. The highest BCUT2D eigenvalue weighted by Crippen LogP contribution is 2.39. The number of nitrogens with one attached hydrogen (secondary N) is 1. The summed E-state index contributed by atoms with van der Waals surface area (Å²) in [5, 5.41) is 12.1. The lowest BCUT2D eigenvalue weighted by molar-refractivity contribution is -0.138. The number of hydrogen-bond donors (Lipinski definition) is 2. The Bertz CT molecular complexity index is 786. The van der Waals surface area contributed by atoms with E-state index >= 15 is 0 Å². The number of hydrogen-bond acceptors (Lipinski definition) is 6. The molecule has 1 aliphatic rings. The molecule has 2 aromatic carbocycles. The maximum atomic E-state index is 12.9. The van der Waals surface area contributed by atoms with Crippen molar-refractivity contribution < 1.29 is 28.5 Å². The third-order valence-corrected chi connectivity index (χ3v) is 5.26. The van der Waals surface area contributed by atoms with Crippen LogP contribution in [0.2, 0.25) is 0 Å². The van der Waals surface area contributed by atoms with Crippen LogP contribution >= 0.6 is 11.8 Å². The molecule has 0 bridgehead atoms. The van der Waals surface area contributed by atoms with E-state index in [9.17, 15) is 9.18 Å². The van der Waals surface area contributed by atoms with E-state index in [0.29, 0.717) is 23.0 Å². The highest BCUT2D eigenvalue weighted by Gasteiger charge is 2.32. The minimum atomic E-state index is -0.867. The smallest absolute Gasteiger partial charge is 0.321 e. The molecule has 2 atom stereocenters. The van der Waals surface area contributed by atoms with Gasteiger partial charge in [0.2, 0.25) is 0 Å². The van der Waals surface area contributed by atoms with Crippen molar-refractivity contribution in [1.82, 2.24) is 5.32 Å². The topological polar surface area (TPSA) is 77.0 Å². The van der Waals surface area contributed by atoms with Gasteiger partial charge in [-0.2, -0.15) is 0 Å². The van der Waals surface area contributed by atoms with Crippen LogP contribution in [0, 0.1) is 5.82 Å². The minimum absolute atomic E-state index is 0.176. The van der Waals surface area contributed by atoms with E-state index in [2.05, 4.69) is 5.32 Å². The summed E-state index contributed by atoms with van der Waals surface area (Å²) < 4.78 is 29.5. The van der Waals surface area contributed by atoms with E-state index in [1.807, 2.05) is 12.1 Å². The normalized spacial score (nSPS) is 18.9. The van der Waals surface area contributed by atoms with Crippen LogP contribution in [0.1, 0.15) is 10.9 Å². The summed E-state index contributed by atoms with van der Waals surface area (Å²) in [5.41, 5.74) is 0.853. The van der Waals surface area contributed by atoms with Gasteiger partial charge in [-0.25, -0.2) is 4.39 Å². The summed E-state index contributed by atoms with van der Waals surface area (Å²) in [6.07, 6.45) is 0. The van der Waals surface area contributed by atoms with Crippen molar-refractivity contribution >= 4 is 17.7 Å². The molecule has 2 aromatic rings. The molecule has 0 amide bonds. The Balaban J connectivity index is 1.62. The highest BCUT2D eigenvalue weighted by molar-refractivity contribution is 7.99. The maximum absolute atomic E-state index is 12.9. The first-order chi connectivity index (χ1) is 13.1. The van der Waals surface area contributed by atoms with E-state index in [4.69, 9.17) is 19.3 Å². The van der Waals surface area contributed by atoms with E-state index in [0.717, 1.165) is 5.56 Å². The second-order valence-electron chi connectivity index (χ2n) is 5.83. The van der Waals surface area contributed by atoms with Gasteiger partial charge < -0.3 is 19.3 Å². The van der Waals surface area contributed by atoms with Crippen LogP contribution < -0.4 is 19.5 Å². The number of benzene rings is 2. The monoisotopic (exact) mass is 393 g/mol. The molecular formula is C19H20FNO5S. The molecule has 0 spiro atoms. The summed E-state index contributed by atoms with van der Waals surface area (Å²) >= 11 is 1.52. The van der Waals surface area contributed by atoms with Gasteiger partial charge in [0.25, 0.3) is 0 Å². The molecule has 27 heavy (non-hydrogen) atoms. The van der Waals surface area contributed by atoms with Crippen LogP contribution in [-0.2, 0) is 4.79 Å². The predicted molar refractivity (Wildman–Crippen MR) is 100 cm³/mol. The van der Waals surface area contributed by atoms with Crippen LogP contribution in [0.3, 0.4) is 0 Å². The Morgan fingerprint density at radius 2 is 1.89 bits per heavy atom. The largest absolute Gasteiger partial charge is 0.497 e. The zero-order valence-electron chi connectivity index (χ0n) is 14.7. The van der Waals surface area contributed by atoms with Crippen LogP contribution in [0.25, 0.3) is 0 Å². The Labute approximate surface area is 160 Å². The van der Waals surface area contributed by atoms with Crippen molar-refractivity contribution in [1.29, 1.82) is 0 Å². The number of ether oxygens (including phenoxy) is 3. The lowest BCUT2D eigenvalue weighted by atomic mass is 10.1. The van der Waals surface area contributed by atoms with E-state index in [1.54, 1.807) is 25.3 Å². The van der Waals surface area contributed by atoms with E-state index in [-0.39, 0.29) is 24.4 Å². The van der Waals surface area contributed by atoms with Crippen molar-refractivity contribution in [2.45, 2.75) is 11.4 Å². The molecule has 144 valence electrons. The molecule has 0 aromatic heterocycles. The van der Waals surface area contributed by atoms with Crippen molar-refractivity contribution in [2.75, 3.05) is 26.1 Å². The van der Waals surface area contributed by atoms with Gasteiger partial charge in [-0.05, 0) is 36.4 Å². The van der Waals surface area contributed by atoms with Gasteiger partial charge in [0, 0.05) is 17.4 Å². The molecule has 6 nitrogen and oxygen atoms in total. The lowest BCUT2D eigenvalue weighted by Crippen LogP contribution is -2.33. The van der Waals surface area contributed by atoms with E-state index < -0.39 is 12.0 Å². The molecule has 2 unspecified atom stereocenters. The van der Waals surface area contributed by atoms with Gasteiger partial charge in [0.15, 0.2) is 0 Å². The third-order valence-electron chi connectivity index (χ3n) is 4.01. The number of rotatable bonds is 8. The second-order valence-corrected chi connectivity index (χ2v) is 6.96. The molecule has 0 radical (unpaired) electrons. The highest BCUT2D eigenvalue weighted by atomic mass is 32.2. The van der Waals surface area contributed by atoms with Gasteiger partial charge in [0.05, 0.1) is 12.5 Å². The van der Waals surface area contributed by atoms with Gasteiger partial charge >= 0.3 is 5.97 Å². The number of carboxylic acids is 1. The Kier molecular flexibility index (Phi) is 6.41. The third kappa shape index (κ3) is 5.05. The van der Waals surface area contributed by atoms with Gasteiger partial charge in [-0.15, -0.1) is 11.8 Å². The molecular weight excluding hydrogens is 373 g/mol. The van der Waals surface area contributed by atoms with Crippen molar-refractivity contribution in [3.8, 4) is 17.2 Å². The van der Waals surface area contributed by atoms with Gasteiger partial charge in [-0.3, -0.25) is 10.1 Å². The molecule has 3 rings (SSSR count). The number of thioether (sulfide) groups is 1. The predicted octanol–water partition coefficient (Wildman–Crippen LogP) is 3.08. The van der Waals surface area contributed by atoms with Crippen LogP contribution in [-0.4, -0.2) is 43.2 Å². The molecule has 1 saturated heterocycles. The average molecular weight is 393 g/mol. The van der Waals surface area contributed by atoms with Crippen molar-refractivity contribution in [3.63, 3.8) is 0 Å². The molecule has 1 heterocycles. The molecule has 1 aliphatic heterocycles. The summed E-state index contributed by atoms with van der Waals surface area (Å²) in [5.74, 6) is 1.11. The first-order valence-electron chi connectivity index (χ1n) is 8.36. The summed E-state index contributed by atoms with van der Waals surface area (Å²) in [7, 11) is 1.57. The molecule has 0 aliphatic carbocycles. The quantitative estimate of drug-likeness (QED) is 0.668. The maximum Gasteiger partial charge on any atom is 0.321 e. The lowest BCUT2D eigenvalue weighted by Gasteiger charge is -2.18. The second kappa shape index (κ2) is 8.96. The Morgan fingerprint density at radius 1 is 1.19 bits per heavy atom. The number of methoxy groups -OCH3 is 1. The van der Waals surface area contributed by atoms with Crippen molar-refractivity contribution in [3.05, 3.63) is 53.8 Å². The van der Waals surface area contributed by atoms with Crippen LogP contribution in [0.5, 0.6) is 17.2 Å². The zero-order chi connectivity index (χ0) is 19.2. The number of carboxylic acid groups (broad SMARTS) is 1. The summed E-state index contributed by atoms with van der Waals surface area (Å²) in [6.45, 7) is 0.558. The fourth-order valence-corrected chi connectivity index (χ4v) is 3.88. The number of carbonyl (C=O) groups is 1. The molecule has 2 N–H and O–H groups in total. The summed E-state index contributed by atoms with van der Waals surface area (Å²) in [6, 6.07) is 10.6. The first kappa shape index (κ1) is 19.3. The van der Waals surface area contributed by atoms with Crippen molar-refractivity contribution in [2.24, 2.45) is 0 Å². The number of aliphatic carboxylic acids is 1. The SMILES string of the molecule is COc1ccc(C2NC(C(=O)O)CS2)c(OCCOc2ccc(F)cc2)c1. The number of halogens is 1. The van der Waals surface area contributed by atoms with Crippen LogP contribution in [0.15, 0.2) is 42.5 Å². The summed E-state index contributed by atoms with van der Waals surface area (Å²) in [4.78, 5) is 11.2. The van der Waals surface area contributed by atoms with E-state index in [1.165, 1.54) is 23.9 Å². The zero-order valence-corrected chi connectivity index (χ0v) is 15.5. The molecule has 0 saturated carbocycles. The molecule has 1 fully saturated rings. The molecule has 8 heteroatoms. The Morgan fingerprint density at radius 3 is 2.56 bits per heavy atom. The van der Waals surface area contributed by atoms with Gasteiger partial charge in [0.1, 0.15) is 42.3 Å². The van der Waals surface area contributed by atoms with Gasteiger partial charge in [-0.1, -0.05) is 0 Å². The Hall–Kier alpha value is -2.45. The average Bonchev–Trinajstić information content (AvgIpc) is 3.17. The fourth-order valence-electron chi connectivity index (χ4n) is 2.62. The fraction of sp³-hybridized carbons (Fsp3) is 0.316. The first-order valence-corrected chi connectivity index (χ1v) is 9.41.